The van der Waals surface area contributed by atoms with E-state index in [0.717, 1.165) is 0 Å². The maximum atomic E-state index is 11.9. The quantitative estimate of drug-likeness (QED) is 0.855. The number of carboxylic acids is 1. The van der Waals surface area contributed by atoms with Crippen LogP contribution in [0.1, 0.15) is 16.8 Å². The van der Waals surface area contributed by atoms with Crippen molar-refractivity contribution in [2.45, 2.75) is 11.3 Å². The van der Waals surface area contributed by atoms with E-state index in [4.69, 9.17) is 5.11 Å². The third-order valence-electron chi connectivity index (χ3n) is 2.01. The fraction of sp³-hybridized carbons (Fsp3) is 0.300. The molecule has 0 aliphatic carbocycles. The zero-order valence-electron chi connectivity index (χ0n) is 8.39. The van der Waals surface area contributed by atoms with E-state index in [1.807, 2.05) is 0 Å². The van der Waals surface area contributed by atoms with Crippen molar-refractivity contribution in [1.29, 1.82) is 0 Å². The van der Waals surface area contributed by atoms with Crippen molar-refractivity contribution < 1.29 is 22.7 Å². The first kappa shape index (κ1) is 12.6. The van der Waals surface area contributed by atoms with Gasteiger partial charge in [-0.05, 0) is 30.7 Å². The second kappa shape index (κ2) is 5.07. The van der Waals surface area contributed by atoms with Crippen LogP contribution in [0.2, 0.25) is 0 Å². The Labute approximate surface area is 92.6 Å². The molecule has 0 amide bonds. The summed E-state index contributed by atoms with van der Waals surface area (Å²) in [5.74, 6) is -1.39. The lowest BCUT2D eigenvalue weighted by atomic mass is 10.2. The second-order valence-corrected chi connectivity index (χ2v) is 5.30. The molecule has 0 aliphatic rings. The van der Waals surface area contributed by atoms with Crippen molar-refractivity contribution in [3.8, 4) is 0 Å². The monoisotopic (exact) mass is 246 g/mol. The van der Waals surface area contributed by atoms with Crippen molar-refractivity contribution in [1.82, 2.24) is 0 Å². The topological polar surface area (TPSA) is 71.4 Å². The van der Waals surface area contributed by atoms with Crippen LogP contribution in [-0.2, 0) is 9.84 Å². The molecule has 1 aromatic rings. The molecule has 0 fully saturated rings. The highest BCUT2D eigenvalue weighted by molar-refractivity contribution is 7.91. The molecule has 0 heterocycles. The number of carbonyl (C=O) groups is 1. The highest BCUT2D eigenvalue weighted by atomic mass is 32.2. The molecule has 88 valence electrons. The van der Waals surface area contributed by atoms with Gasteiger partial charge in [0, 0.05) is 0 Å². The summed E-state index contributed by atoms with van der Waals surface area (Å²) < 4.78 is 35.0. The summed E-state index contributed by atoms with van der Waals surface area (Å²) >= 11 is 0. The van der Waals surface area contributed by atoms with Crippen molar-refractivity contribution in [3.05, 3.63) is 29.8 Å². The Hall–Kier alpha value is -1.43. The van der Waals surface area contributed by atoms with Crippen molar-refractivity contribution in [3.63, 3.8) is 0 Å². The molecule has 0 saturated heterocycles. The van der Waals surface area contributed by atoms with E-state index in [-0.39, 0.29) is 22.6 Å². The Kier molecular flexibility index (Phi) is 4.00. The Morgan fingerprint density at radius 2 is 1.81 bits per heavy atom. The molecule has 0 aromatic heterocycles. The normalized spacial score (nSPS) is 11.3. The molecule has 0 spiro atoms. The molecule has 0 radical (unpaired) electrons. The first-order chi connectivity index (χ1) is 7.47. The van der Waals surface area contributed by atoms with E-state index in [1.165, 1.54) is 24.3 Å². The van der Waals surface area contributed by atoms with Crippen LogP contribution in [0.25, 0.3) is 0 Å². The number of aromatic carboxylic acids is 1. The highest BCUT2D eigenvalue weighted by Gasteiger charge is 2.14. The number of alkyl halides is 1. The summed E-state index contributed by atoms with van der Waals surface area (Å²) in [4.78, 5) is 10.6. The lowest BCUT2D eigenvalue weighted by Crippen LogP contribution is -2.08. The van der Waals surface area contributed by atoms with Crippen LogP contribution in [0.4, 0.5) is 4.39 Å². The minimum atomic E-state index is -3.50. The molecule has 1 aromatic carbocycles. The number of hydrogen-bond donors (Lipinski definition) is 1. The minimum Gasteiger partial charge on any atom is -0.478 e. The fourth-order valence-corrected chi connectivity index (χ4v) is 2.44. The fourth-order valence-electron chi connectivity index (χ4n) is 1.17. The number of carboxylic acid groups (broad SMARTS) is 1. The first-order valence-corrected chi connectivity index (χ1v) is 6.24. The summed E-state index contributed by atoms with van der Waals surface area (Å²) in [7, 11) is -3.50. The van der Waals surface area contributed by atoms with Crippen molar-refractivity contribution >= 4 is 15.8 Å². The zero-order chi connectivity index (χ0) is 12.2. The smallest absolute Gasteiger partial charge is 0.335 e. The molecule has 0 unspecified atom stereocenters. The molecule has 0 bridgehead atoms. The van der Waals surface area contributed by atoms with Crippen LogP contribution in [0, 0.1) is 0 Å². The highest BCUT2D eigenvalue weighted by Crippen LogP contribution is 2.13. The first-order valence-electron chi connectivity index (χ1n) is 4.59. The van der Waals surface area contributed by atoms with Gasteiger partial charge in [-0.25, -0.2) is 13.2 Å². The Morgan fingerprint density at radius 1 is 1.25 bits per heavy atom. The number of benzene rings is 1. The van der Waals surface area contributed by atoms with Gasteiger partial charge in [0.05, 0.1) is 22.9 Å². The largest absolute Gasteiger partial charge is 0.478 e. The molecule has 0 aliphatic heterocycles. The lowest BCUT2D eigenvalue weighted by Gasteiger charge is -2.03. The average Bonchev–Trinajstić information content (AvgIpc) is 2.26. The van der Waals surface area contributed by atoms with E-state index < -0.39 is 22.5 Å². The molecular formula is C10H11FO4S. The van der Waals surface area contributed by atoms with Gasteiger partial charge in [-0.15, -0.1) is 0 Å². The van der Waals surface area contributed by atoms with Gasteiger partial charge in [0.1, 0.15) is 0 Å². The molecule has 1 N–H and O–H groups in total. The van der Waals surface area contributed by atoms with Gasteiger partial charge >= 0.3 is 5.97 Å². The van der Waals surface area contributed by atoms with Gasteiger partial charge in [0.15, 0.2) is 9.84 Å². The van der Waals surface area contributed by atoms with Gasteiger partial charge in [-0.3, -0.25) is 4.39 Å². The van der Waals surface area contributed by atoms with Gasteiger partial charge in [0.25, 0.3) is 0 Å². The van der Waals surface area contributed by atoms with E-state index in [2.05, 4.69) is 0 Å². The average molecular weight is 246 g/mol. The maximum Gasteiger partial charge on any atom is 0.335 e. The third-order valence-corrected chi connectivity index (χ3v) is 3.82. The Morgan fingerprint density at radius 3 is 2.25 bits per heavy atom. The third kappa shape index (κ3) is 3.03. The summed E-state index contributed by atoms with van der Waals surface area (Å²) in [6.45, 7) is -0.688. The van der Waals surface area contributed by atoms with Crippen molar-refractivity contribution in [2.75, 3.05) is 12.4 Å². The van der Waals surface area contributed by atoms with Crippen molar-refractivity contribution in [2.24, 2.45) is 0 Å². The van der Waals surface area contributed by atoms with Crippen LogP contribution in [-0.4, -0.2) is 31.9 Å². The van der Waals surface area contributed by atoms with E-state index in [9.17, 15) is 17.6 Å². The number of halogens is 1. The molecule has 6 heteroatoms. The second-order valence-electron chi connectivity index (χ2n) is 3.19. The van der Waals surface area contributed by atoms with Gasteiger partial charge < -0.3 is 5.11 Å². The molecular weight excluding hydrogens is 235 g/mol. The summed E-state index contributed by atoms with van der Waals surface area (Å²) in [6.07, 6.45) is -0.0526. The summed E-state index contributed by atoms with van der Waals surface area (Å²) in [5, 5.41) is 8.62. The maximum absolute atomic E-state index is 11.9. The van der Waals surface area contributed by atoms with Gasteiger partial charge in [0.2, 0.25) is 0 Å². The van der Waals surface area contributed by atoms with E-state index in [0.29, 0.717) is 0 Å². The number of rotatable bonds is 5. The van der Waals surface area contributed by atoms with Gasteiger partial charge in [-0.2, -0.15) is 0 Å². The summed E-state index contributed by atoms with van der Waals surface area (Å²) in [5.41, 5.74) is 0.0180. The van der Waals surface area contributed by atoms with Crippen LogP contribution in [0.15, 0.2) is 29.2 Å². The summed E-state index contributed by atoms with van der Waals surface area (Å²) in [6, 6.07) is 4.86. The molecule has 1 rings (SSSR count). The molecule has 16 heavy (non-hydrogen) atoms. The van der Waals surface area contributed by atoms with E-state index >= 15 is 0 Å². The van der Waals surface area contributed by atoms with Crippen LogP contribution in [0.5, 0.6) is 0 Å². The van der Waals surface area contributed by atoms with Crippen LogP contribution >= 0.6 is 0 Å². The Bertz CT molecular complexity index is 464. The van der Waals surface area contributed by atoms with Crippen LogP contribution in [0.3, 0.4) is 0 Å². The number of hydrogen-bond acceptors (Lipinski definition) is 3. The van der Waals surface area contributed by atoms with E-state index in [1.54, 1.807) is 0 Å². The lowest BCUT2D eigenvalue weighted by molar-refractivity contribution is 0.0697. The van der Waals surface area contributed by atoms with Crippen LogP contribution < -0.4 is 0 Å². The Balaban J connectivity index is 2.93. The molecule has 0 atom stereocenters. The standard InChI is InChI=1S/C10H11FO4S/c11-6-1-7-16(14,15)9-4-2-8(3-5-9)10(12)13/h2-5H,1,6-7H2,(H,12,13). The predicted octanol–water partition coefficient (Wildman–Crippen LogP) is 1.52. The van der Waals surface area contributed by atoms with Gasteiger partial charge in [-0.1, -0.05) is 0 Å². The zero-order valence-corrected chi connectivity index (χ0v) is 9.21. The minimum absolute atomic E-state index is 0.0180. The molecule has 0 saturated carbocycles. The molecule has 4 nitrogen and oxygen atoms in total. The SMILES string of the molecule is O=C(O)c1ccc(S(=O)(=O)CCCF)cc1. The number of sulfone groups is 1. The predicted molar refractivity (Wildman–Crippen MR) is 56.0 cm³/mol.